The van der Waals surface area contributed by atoms with Gasteiger partial charge in [0.1, 0.15) is 11.5 Å². The van der Waals surface area contributed by atoms with E-state index < -0.39 is 0 Å². The monoisotopic (exact) mass is 419 g/mol. The van der Waals surface area contributed by atoms with Gasteiger partial charge in [-0.3, -0.25) is 0 Å². The van der Waals surface area contributed by atoms with Crippen LogP contribution < -0.4 is 24.8 Å². The highest BCUT2D eigenvalue weighted by molar-refractivity contribution is 5.80. The van der Waals surface area contributed by atoms with Gasteiger partial charge in [-0.25, -0.2) is 4.99 Å². The zero-order valence-electron chi connectivity index (χ0n) is 17.2. The molecule has 0 fully saturated rings. The van der Waals surface area contributed by atoms with Gasteiger partial charge in [-0.15, -0.1) is 0 Å². The molecular formula is C24H25N3O4. The zero-order valence-corrected chi connectivity index (χ0v) is 17.2. The predicted molar refractivity (Wildman–Crippen MR) is 117 cm³/mol. The lowest BCUT2D eigenvalue weighted by Crippen LogP contribution is -2.41. The molecule has 0 spiro atoms. The van der Waals surface area contributed by atoms with Crippen LogP contribution in [0.15, 0.2) is 70.3 Å². The van der Waals surface area contributed by atoms with Crippen LogP contribution >= 0.6 is 0 Å². The van der Waals surface area contributed by atoms with E-state index in [0.29, 0.717) is 19.7 Å². The summed E-state index contributed by atoms with van der Waals surface area (Å²) in [5.41, 5.74) is 2.21. The minimum Gasteiger partial charge on any atom is -0.493 e. The molecule has 0 saturated heterocycles. The van der Waals surface area contributed by atoms with Crippen LogP contribution in [-0.4, -0.2) is 25.9 Å². The van der Waals surface area contributed by atoms with Crippen molar-refractivity contribution in [2.45, 2.75) is 25.4 Å². The Labute approximate surface area is 181 Å². The van der Waals surface area contributed by atoms with Crippen molar-refractivity contribution in [1.82, 2.24) is 10.6 Å². The summed E-state index contributed by atoms with van der Waals surface area (Å²) in [4.78, 5) is 4.83. The Kier molecular flexibility index (Phi) is 5.64. The van der Waals surface area contributed by atoms with E-state index in [1.165, 1.54) is 0 Å². The number of benzene rings is 2. The molecule has 0 radical (unpaired) electrons. The molecule has 3 heterocycles. The second-order valence-corrected chi connectivity index (χ2v) is 7.48. The number of nitrogens with zero attached hydrogens (tertiary/aromatic N) is 1. The maximum absolute atomic E-state index is 5.80. The van der Waals surface area contributed by atoms with E-state index in [2.05, 4.69) is 16.7 Å². The normalized spacial score (nSPS) is 17.0. The number of guanidine groups is 1. The Morgan fingerprint density at radius 3 is 2.84 bits per heavy atom. The molecule has 2 N–H and O–H groups in total. The van der Waals surface area contributed by atoms with Crippen molar-refractivity contribution in [2.24, 2.45) is 4.99 Å². The van der Waals surface area contributed by atoms with Crippen LogP contribution in [0.2, 0.25) is 0 Å². The van der Waals surface area contributed by atoms with Gasteiger partial charge in [0.05, 0.1) is 25.5 Å². The molecule has 5 rings (SSSR count). The number of furan rings is 1. The highest BCUT2D eigenvalue weighted by Crippen LogP contribution is 2.33. The van der Waals surface area contributed by atoms with E-state index in [9.17, 15) is 0 Å². The lowest BCUT2D eigenvalue weighted by atomic mass is 10.0. The van der Waals surface area contributed by atoms with Crippen LogP contribution in [0.25, 0.3) is 0 Å². The van der Waals surface area contributed by atoms with Gasteiger partial charge in [0.2, 0.25) is 6.79 Å². The van der Waals surface area contributed by atoms with E-state index in [0.717, 1.165) is 52.9 Å². The lowest BCUT2D eigenvalue weighted by molar-refractivity contribution is 0.174. The van der Waals surface area contributed by atoms with E-state index in [1.54, 1.807) is 6.26 Å². The summed E-state index contributed by atoms with van der Waals surface area (Å²) < 4.78 is 22.1. The first-order valence-corrected chi connectivity index (χ1v) is 10.5. The molecule has 7 nitrogen and oxygen atoms in total. The highest BCUT2D eigenvalue weighted by Gasteiger charge is 2.22. The van der Waals surface area contributed by atoms with E-state index in [-0.39, 0.29) is 12.8 Å². The maximum Gasteiger partial charge on any atom is 0.231 e. The predicted octanol–water partition coefficient (Wildman–Crippen LogP) is 3.81. The summed E-state index contributed by atoms with van der Waals surface area (Å²) in [6, 6.07) is 18.1. The molecule has 1 atom stereocenters. The summed E-state index contributed by atoms with van der Waals surface area (Å²) in [5, 5.41) is 7.03. The van der Waals surface area contributed by atoms with Crippen LogP contribution in [0.5, 0.6) is 17.2 Å². The number of nitrogens with one attached hydrogen (secondary N) is 2. The number of ether oxygens (including phenoxy) is 3. The van der Waals surface area contributed by atoms with Crippen LogP contribution in [0.3, 0.4) is 0 Å². The Morgan fingerprint density at radius 2 is 1.90 bits per heavy atom. The second kappa shape index (κ2) is 9.04. The van der Waals surface area contributed by atoms with Gasteiger partial charge >= 0.3 is 0 Å². The smallest absolute Gasteiger partial charge is 0.231 e. The first-order valence-electron chi connectivity index (χ1n) is 10.5. The SMILES string of the molecule is c1coc(CCNC(=NCc2ccc3c(c2)OCO3)NC2CCOc3ccccc32)c1. The van der Waals surface area contributed by atoms with Crippen molar-refractivity contribution >= 4 is 5.96 Å². The van der Waals surface area contributed by atoms with Crippen molar-refractivity contribution in [3.05, 3.63) is 77.7 Å². The van der Waals surface area contributed by atoms with E-state index in [1.807, 2.05) is 48.5 Å². The topological polar surface area (TPSA) is 77.3 Å². The molecule has 160 valence electrons. The van der Waals surface area contributed by atoms with E-state index in [4.69, 9.17) is 23.6 Å². The average Bonchev–Trinajstić information content (AvgIpc) is 3.49. The average molecular weight is 419 g/mol. The molecule has 1 aromatic heterocycles. The van der Waals surface area contributed by atoms with Crippen molar-refractivity contribution in [3.8, 4) is 17.2 Å². The fourth-order valence-electron chi connectivity index (χ4n) is 3.78. The van der Waals surface area contributed by atoms with Crippen LogP contribution in [0, 0.1) is 0 Å². The summed E-state index contributed by atoms with van der Waals surface area (Å²) in [6.07, 6.45) is 3.35. The third-order valence-electron chi connectivity index (χ3n) is 5.37. The zero-order chi connectivity index (χ0) is 20.9. The summed E-state index contributed by atoms with van der Waals surface area (Å²) >= 11 is 0. The molecule has 7 heteroatoms. The molecule has 0 amide bonds. The maximum atomic E-state index is 5.80. The largest absolute Gasteiger partial charge is 0.493 e. The molecule has 2 aliphatic heterocycles. The molecule has 0 bridgehead atoms. The molecule has 0 saturated carbocycles. The third kappa shape index (κ3) is 4.60. The van der Waals surface area contributed by atoms with Crippen molar-refractivity contribution in [3.63, 3.8) is 0 Å². The molecule has 2 aromatic carbocycles. The number of fused-ring (bicyclic) bond motifs is 2. The van der Waals surface area contributed by atoms with Gasteiger partial charge in [0.25, 0.3) is 0 Å². The van der Waals surface area contributed by atoms with Crippen molar-refractivity contribution in [1.29, 1.82) is 0 Å². The number of rotatable bonds is 6. The van der Waals surface area contributed by atoms with Crippen molar-refractivity contribution < 1.29 is 18.6 Å². The summed E-state index contributed by atoms with van der Waals surface area (Å²) in [5.74, 6) is 4.18. The van der Waals surface area contributed by atoms with E-state index >= 15 is 0 Å². The second-order valence-electron chi connectivity index (χ2n) is 7.48. The number of aliphatic imine (C=N–C) groups is 1. The fraction of sp³-hybridized carbons (Fsp3) is 0.292. The number of para-hydroxylation sites is 1. The van der Waals surface area contributed by atoms with Crippen molar-refractivity contribution in [2.75, 3.05) is 19.9 Å². The fourth-order valence-corrected chi connectivity index (χ4v) is 3.78. The van der Waals surface area contributed by atoms with Crippen LogP contribution in [0.4, 0.5) is 0 Å². The first kappa shape index (κ1) is 19.4. The molecule has 1 unspecified atom stereocenters. The standard InChI is InChI=1S/C24H25N3O4/c1-2-6-21-19(5-1)20(10-13-29-21)27-24(25-11-9-18-4-3-12-28-18)26-15-17-7-8-22-23(14-17)31-16-30-22/h1-8,12,14,20H,9-11,13,15-16H2,(H2,25,26,27). The number of hydrogen-bond donors (Lipinski definition) is 2. The lowest BCUT2D eigenvalue weighted by Gasteiger charge is -2.28. The molecular weight excluding hydrogens is 394 g/mol. The van der Waals surface area contributed by atoms with Gasteiger partial charge in [0, 0.05) is 24.9 Å². The van der Waals surface area contributed by atoms with Gasteiger partial charge < -0.3 is 29.3 Å². The van der Waals surface area contributed by atoms with Gasteiger partial charge in [-0.2, -0.15) is 0 Å². The minimum atomic E-state index is 0.136. The molecule has 31 heavy (non-hydrogen) atoms. The molecule has 0 aliphatic carbocycles. The first-order chi connectivity index (χ1) is 15.3. The summed E-state index contributed by atoms with van der Waals surface area (Å²) in [6.45, 7) is 2.19. The quantitative estimate of drug-likeness (QED) is 0.467. The van der Waals surface area contributed by atoms with Crippen LogP contribution in [0.1, 0.15) is 29.3 Å². The van der Waals surface area contributed by atoms with Gasteiger partial charge in [-0.1, -0.05) is 24.3 Å². The Morgan fingerprint density at radius 1 is 0.968 bits per heavy atom. The molecule has 3 aromatic rings. The van der Waals surface area contributed by atoms with Gasteiger partial charge in [0.15, 0.2) is 17.5 Å². The third-order valence-corrected chi connectivity index (χ3v) is 5.37. The Bertz CT molecular complexity index is 1050. The summed E-state index contributed by atoms with van der Waals surface area (Å²) in [7, 11) is 0. The van der Waals surface area contributed by atoms with Gasteiger partial charge in [-0.05, 0) is 35.9 Å². The minimum absolute atomic E-state index is 0.136. The Balaban J connectivity index is 1.31. The van der Waals surface area contributed by atoms with Crippen LogP contribution in [-0.2, 0) is 13.0 Å². The number of hydrogen-bond acceptors (Lipinski definition) is 5. The highest BCUT2D eigenvalue weighted by atomic mass is 16.7. The molecule has 2 aliphatic rings. The Hall–Kier alpha value is -3.61.